The molecule has 1 aromatic rings. The molecule has 3 atom stereocenters. The van der Waals surface area contributed by atoms with Gasteiger partial charge in [-0.15, -0.1) is 0 Å². The number of hydrogen-bond acceptors (Lipinski definition) is 5. The van der Waals surface area contributed by atoms with E-state index in [0.717, 1.165) is 5.56 Å². The van der Waals surface area contributed by atoms with E-state index in [1.54, 1.807) is 6.92 Å². The number of amides is 4. The number of carbonyl (C=O) groups is 3. The molecule has 2 N–H and O–H groups in total. The zero-order valence-electron chi connectivity index (χ0n) is 15.7. The van der Waals surface area contributed by atoms with Gasteiger partial charge in [0.25, 0.3) is 5.91 Å². The molecule has 1 aromatic carbocycles. The second-order valence-corrected chi connectivity index (χ2v) is 7.12. The molecule has 0 radical (unpaired) electrons. The van der Waals surface area contributed by atoms with Crippen LogP contribution in [0.25, 0.3) is 0 Å². The maximum absolute atomic E-state index is 12.7. The van der Waals surface area contributed by atoms with E-state index in [0.29, 0.717) is 30.8 Å². The number of fused-ring (bicyclic) bond motifs is 2. The first-order valence-electron chi connectivity index (χ1n) is 9.33. The maximum atomic E-state index is 12.7. The Morgan fingerprint density at radius 2 is 2.00 bits per heavy atom. The van der Waals surface area contributed by atoms with E-state index in [4.69, 9.17) is 10.7 Å². The number of hydrogen-bond donors (Lipinski definition) is 1. The molecule has 27 heavy (non-hydrogen) atoms. The third-order valence-corrected chi connectivity index (χ3v) is 5.33. The molecule has 0 aliphatic carbocycles. The van der Waals surface area contributed by atoms with Gasteiger partial charge in [-0.05, 0) is 24.8 Å². The van der Waals surface area contributed by atoms with Gasteiger partial charge in [-0.3, -0.25) is 14.4 Å². The SMILES string of the molecule is CCC(C)C(=O)N(N)C(=O)[C@@H]1CC[C@@H]2CN1C(=O)N2OCc1ccccc1. The van der Waals surface area contributed by atoms with Crippen LogP contribution in [0.15, 0.2) is 30.3 Å². The monoisotopic (exact) mass is 374 g/mol. The van der Waals surface area contributed by atoms with Crippen molar-refractivity contribution in [1.82, 2.24) is 15.0 Å². The largest absolute Gasteiger partial charge is 0.345 e. The predicted octanol–water partition coefficient (Wildman–Crippen LogP) is 1.66. The zero-order valence-corrected chi connectivity index (χ0v) is 15.7. The van der Waals surface area contributed by atoms with Gasteiger partial charge >= 0.3 is 6.03 Å². The lowest BCUT2D eigenvalue weighted by molar-refractivity contribution is -0.150. The maximum Gasteiger partial charge on any atom is 0.345 e. The third kappa shape index (κ3) is 3.81. The van der Waals surface area contributed by atoms with Crippen LogP contribution in [-0.2, 0) is 21.0 Å². The van der Waals surface area contributed by atoms with Crippen molar-refractivity contribution in [2.45, 2.75) is 51.8 Å². The lowest BCUT2D eigenvalue weighted by Gasteiger charge is -2.31. The summed E-state index contributed by atoms with van der Waals surface area (Å²) >= 11 is 0. The summed E-state index contributed by atoms with van der Waals surface area (Å²) in [4.78, 5) is 44.8. The Morgan fingerprint density at radius 1 is 1.30 bits per heavy atom. The van der Waals surface area contributed by atoms with Crippen LogP contribution in [0.4, 0.5) is 4.79 Å². The highest BCUT2D eigenvalue weighted by Gasteiger charge is 2.49. The van der Waals surface area contributed by atoms with Gasteiger partial charge in [0, 0.05) is 12.5 Å². The number of urea groups is 1. The molecule has 2 aliphatic heterocycles. The number of hydroxylamine groups is 2. The van der Waals surface area contributed by atoms with Crippen LogP contribution < -0.4 is 5.84 Å². The number of hydrazine groups is 1. The first kappa shape index (κ1) is 19.3. The summed E-state index contributed by atoms with van der Waals surface area (Å²) in [6, 6.07) is 8.41. The number of nitrogens with zero attached hydrogens (tertiary/aromatic N) is 3. The van der Waals surface area contributed by atoms with E-state index in [1.165, 1.54) is 9.96 Å². The van der Waals surface area contributed by atoms with Gasteiger partial charge in [0.1, 0.15) is 12.6 Å². The van der Waals surface area contributed by atoms with Crippen LogP contribution in [0.3, 0.4) is 0 Å². The Balaban J connectivity index is 1.65. The van der Waals surface area contributed by atoms with Crippen molar-refractivity contribution in [2.24, 2.45) is 11.8 Å². The molecule has 1 unspecified atom stereocenters. The van der Waals surface area contributed by atoms with Gasteiger partial charge in [-0.1, -0.05) is 44.2 Å². The number of benzene rings is 1. The van der Waals surface area contributed by atoms with E-state index < -0.39 is 17.9 Å². The van der Waals surface area contributed by atoms with Crippen molar-refractivity contribution in [3.63, 3.8) is 0 Å². The summed E-state index contributed by atoms with van der Waals surface area (Å²) in [5.41, 5.74) is 0.960. The van der Waals surface area contributed by atoms with Crippen molar-refractivity contribution in [3.05, 3.63) is 35.9 Å². The minimum atomic E-state index is -0.725. The van der Waals surface area contributed by atoms with Crippen LogP contribution in [0.2, 0.25) is 0 Å². The van der Waals surface area contributed by atoms with Crippen LogP contribution in [-0.4, -0.2) is 51.4 Å². The van der Waals surface area contributed by atoms with Gasteiger partial charge in [-0.25, -0.2) is 15.6 Å². The van der Waals surface area contributed by atoms with Crippen molar-refractivity contribution < 1.29 is 19.2 Å². The third-order valence-electron chi connectivity index (χ3n) is 5.33. The number of imide groups is 1. The van der Waals surface area contributed by atoms with Crippen LogP contribution in [0.5, 0.6) is 0 Å². The predicted molar refractivity (Wildman–Crippen MR) is 97.5 cm³/mol. The smallest absolute Gasteiger partial charge is 0.309 e. The van der Waals surface area contributed by atoms with Gasteiger partial charge in [0.2, 0.25) is 5.91 Å². The molecule has 4 amide bonds. The van der Waals surface area contributed by atoms with E-state index in [1.807, 2.05) is 37.3 Å². The molecule has 8 heteroatoms. The standard InChI is InChI=1S/C19H26N4O4/c1-3-13(2)17(24)22(20)18(25)16-10-9-15-11-21(16)19(26)23(15)27-12-14-7-5-4-6-8-14/h4-8,13,15-16H,3,9-12,20H2,1-2H3/t13?,15-,16+/m1/s1. The number of rotatable bonds is 6. The summed E-state index contributed by atoms with van der Waals surface area (Å²) in [6.07, 6.45) is 1.68. The Labute approximate surface area is 158 Å². The Kier molecular flexibility index (Phi) is 5.76. The van der Waals surface area contributed by atoms with E-state index in [9.17, 15) is 14.4 Å². The normalized spacial score (nSPS) is 22.7. The van der Waals surface area contributed by atoms with Gasteiger partial charge in [0.15, 0.2) is 0 Å². The van der Waals surface area contributed by atoms with Gasteiger partial charge in [0.05, 0.1) is 6.04 Å². The average Bonchev–Trinajstić information content (AvgIpc) is 2.95. The summed E-state index contributed by atoms with van der Waals surface area (Å²) < 4.78 is 0. The summed E-state index contributed by atoms with van der Waals surface area (Å²) in [7, 11) is 0. The van der Waals surface area contributed by atoms with Crippen molar-refractivity contribution in [1.29, 1.82) is 0 Å². The molecule has 0 spiro atoms. The molecule has 146 valence electrons. The second kappa shape index (κ2) is 8.06. The molecule has 0 aromatic heterocycles. The molecular weight excluding hydrogens is 348 g/mol. The fourth-order valence-electron chi connectivity index (χ4n) is 3.45. The molecule has 3 rings (SSSR count). The van der Waals surface area contributed by atoms with Crippen LogP contribution in [0, 0.1) is 5.92 Å². The minimum absolute atomic E-state index is 0.0956. The number of carbonyl (C=O) groups excluding carboxylic acids is 3. The topological polar surface area (TPSA) is 96.2 Å². The zero-order chi connectivity index (χ0) is 19.6. The Bertz CT molecular complexity index is 711. The molecule has 2 bridgehead atoms. The van der Waals surface area contributed by atoms with Crippen LogP contribution in [0.1, 0.15) is 38.7 Å². The van der Waals surface area contributed by atoms with Crippen molar-refractivity contribution in [3.8, 4) is 0 Å². The fourth-order valence-corrected chi connectivity index (χ4v) is 3.45. The first-order chi connectivity index (χ1) is 12.9. The number of piperidine rings is 1. The molecule has 2 heterocycles. The molecule has 2 saturated heterocycles. The lowest BCUT2D eigenvalue weighted by atomic mass is 9.99. The lowest BCUT2D eigenvalue weighted by Crippen LogP contribution is -2.56. The average molecular weight is 374 g/mol. The molecule has 2 fully saturated rings. The van der Waals surface area contributed by atoms with E-state index >= 15 is 0 Å². The molecule has 2 aliphatic rings. The van der Waals surface area contributed by atoms with Crippen molar-refractivity contribution in [2.75, 3.05) is 6.54 Å². The number of nitrogens with two attached hydrogens (primary N) is 1. The molecular formula is C19H26N4O4. The Hall–Kier alpha value is -2.45. The van der Waals surface area contributed by atoms with Gasteiger partial charge < -0.3 is 4.90 Å². The fraction of sp³-hybridized carbons (Fsp3) is 0.526. The van der Waals surface area contributed by atoms with Gasteiger partial charge in [-0.2, -0.15) is 5.06 Å². The Morgan fingerprint density at radius 3 is 2.67 bits per heavy atom. The summed E-state index contributed by atoms with van der Waals surface area (Å²) in [5.74, 6) is 4.47. The molecule has 8 nitrogen and oxygen atoms in total. The highest BCUT2D eigenvalue weighted by atomic mass is 16.7. The van der Waals surface area contributed by atoms with E-state index in [2.05, 4.69) is 0 Å². The summed E-state index contributed by atoms with van der Waals surface area (Å²) in [6.45, 7) is 4.27. The summed E-state index contributed by atoms with van der Waals surface area (Å²) in [5, 5.41) is 2.04. The van der Waals surface area contributed by atoms with Crippen LogP contribution >= 0.6 is 0 Å². The molecule has 0 saturated carbocycles. The quantitative estimate of drug-likeness (QED) is 0.464. The highest BCUT2D eigenvalue weighted by molar-refractivity contribution is 5.99. The van der Waals surface area contributed by atoms with Crippen molar-refractivity contribution >= 4 is 17.8 Å². The second-order valence-electron chi connectivity index (χ2n) is 7.12. The van der Waals surface area contributed by atoms with E-state index in [-0.39, 0.29) is 24.6 Å². The first-order valence-corrected chi connectivity index (χ1v) is 9.33. The highest BCUT2D eigenvalue weighted by Crippen LogP contribution is 2.31. The minimum Gasteiger partial charge on any atom is -0.309 e.